The topological polar surface area (TPSA) is 21.3 Å². The number of halogens is 2. The Morgan fingerprint density at radius 1 is 1.04 bits per heavy atom. The molecule has 4 saturated carbocycles. The molecule has 2 atom stereocenters. The highest BCUT2D eigenvalue weighted by Crippen LogP contribution is 2.66. The Balaban J connectivity index is 1.52. The molecular formula is C21H29Cl2NO. The minimum absolute atomic E-state index is 0.292. The van der Waals surface area contributed by atoms with Gasteiger partial charge in [0, 0.05) is 12.1 Å². The summed E-state index contributed by atoms with van der Waals surface area (Å²) in [4.78, 5) is 0. The van der Waals surface area contributed by atoms with Crippen molar-refractivity contribution in [1.29, 1.82) is 0 Å². The van der Waals surface area contributed by atoms with Crippen molar-refractivity contribution in [3.63, 3.8) is 0 Å². The number of rotatable bonds is 5. The maximum absolute atomic E-state index is 6.38. The number of hydrogen-bond acceptors (Lipinski definition) is 2. The second kappa shape index (κ2) is 6.04. The molecule has 1 aromatic rings. The third-order valence-corrected chi connectivity index (χ3v) is 7.20. The zero-order valence-electron chi connectivity index (χ0n) is 15.6. The lowest BCUT2D eigenvalue weighted by molar-refractivity contribution is -0.118. The van der Waals surface area contributed by atoms with Crippen molar-refractivity contribution in [2.75, 3.05) is 6.61 Å². The van der Waals surface area contributed by atoms with Gasteiger partial charge in [-0.1, -0.05) is 37.0 Å². The molecule has 0 amide bonds. The van der Waals surface area contributed by atoms with E-state index >= 15 is 0 Å². The summed E-state index contributed by atoms with van der Waals surface area (Å²) in [6, 6.07) is 3.99. The van der Waals surface area contributed by atoms with Gasteiger partial charge in [-0.05, 0) is 79.9 Å². The Bertz CT molecular complexity index is 647. The van der Waals surface area contributed by atoms with Crippen molar-refractivity contribution in [2.45, 2.75) is 71.4 Å². The van der Waals surface area contributed by atoms with Crippen LogP contribution in [0.1, 0.15) is 64.9 Å². The summed E-state index contributed by atoms with van der Waals surface area (Å²) >= 11 is 12.8. The molecule has 0 aliphatic heterocycles. The summed E-state index contributed by atoms with van der Waals surface area (Å²) in [7, 11) is 0. The van der Waals surface area contributed by atoms with Crippen LogP contribution in [0.5, 0.6) is 5.75 Å². The molecule has 4 bridgehead atoms. The Morgan fingerprint density at radius 2 is 1.64 bits per heavy atom. The van der Waals surface area contributed by atoms with Gasteiger partial charge in [0.25, 0.3) is 0 Å². The molecule has 4 heteroatoms. The first-order valence-electron chi connectivity index (χ1n) is 9.60. The molecule has 25 heavy (non-hydrogen) atoms. The van der Waals surface area contributed by atoms with Crippen LogP contribution in [-0.4, -0.2) is 12.1 Å². The van der Waals surface area contributed by atoms with Crippen LogP contribution in [-0.2, 0) is 6.54 Å². The van der Waals surface area contributed by atoms with E-state index in [9.17, 15) is 0 Å². The highest BCUT2D eigenvalue weighted by molar-refractivity contribution is 6.37. The molecule has 138 valence electrons. The lowest BCUT2D eigenvalue weighted by Gasteiger charge is -2.65. The van der Waals surface area contributed by atoms with Crippen LogP contribution in [0.4, 0.5) is 0 Å². The smallest absolute Gasteiger partial charge is 0.156 e. The van der Waals surface area contributed by atoms with Gasteiger partial charge in [0.15, 0.2) is 5.75 Å². The van der Waals surface area contributed by atoms with E-state index in [0.29, 0.717) is 38.8 Å². The van der Waals surface area contributed by atoms with Crippen molar-refractivity contribution in [1.82, 2.24) is 5.32 Å². The second-order valence-corrected chi connectivity index (χ2v) is 10.4. The van der Waals surface area contributed by atoms with Crippen LogP contribution in [0.15, 0.2) is 12.1 Å². The van der Waals surface area contributed by atoms with Crippen molar-refractivity contribution < 1.29 is 4.74 Å². The summed E-state index contributed by atoms with van der Waals surface area (Å²) in [5.41, 5.74) is 2.48. The standard InChI is InChI=1S/C21H29Cl2NO/c1-4-25-18-16(22)5-14(6-17(18)23)10-24-21-9-15-7-19(2,12-21)11-20(3,8-15)13-21/h5-6,15,24H,4,7-13H2,1-3H3. The predicted molar refractivity (Wildman–Crippen MR) is 105 cm³/mol. The van der Waals surface area contributed by atoms with E-state index < -0.39 is 0 Å². The van der Waals surface area contributed by atoms with Gasteiger partial charge in [-0.2, -0.15) is 0 Å². The van der Waals surface area contributed by atoms with E-state index in [2.05, 4.69) is 19.2 Å². The molecule has 2 unspecified atom stereocenters. The van der Waals surface area contributed by atoms with Gasteiger partial charge < -0.3 is 10.1 Å². The number of benzene rings is 1. The fourth-order valence-electron chi connectivity index (χ4n) is 6.93. The SMILES string of the molecule is CCOc1c(Cl)cc(CNC23CC4CC(C)(CC(C)(C4)C2)C3)cc1Cl. The van der Waals surface area contributed by atoms with E-state index in [1.165, 1.54) is 38.5 Å². The van der Waals surface area contributed by atoms with Gasteiger partial charge in [0.05, 0.1) is 16.7 Å². The highest BCUT2D eigenvalue weighted by atomic mass is 35.5. The summed E-state index contributed by atoms with van der Waals surface area (Å²) < 4.78 is 5.54. The van der Waals surface area contributed by atoms with Crippen LogP contribution in [0.2, 0.25) is 10.0 Å². The molecule has 5 rings (SSSR count). The second-order valence-electron chi connectivity index (χ2n) is 9.59. The van der Waals surface area contributed by atoms with Crippen LogP contribution in [0.25, 0.3) is 0 Å². The zero-order chi connectivity index (χ0) is 17.9. The molecule has 2 nitrogen and oxygen atoms in total. The van der Waals surface area contributed by atoms with Gasteiger partial charge in [-0.25, -0.2) is 0 Å². The molecule has 4 fully saturated rings. The monoisotopic (exact) mass is 381 g/mol. The number of hydrogen-bond donors (Lipinski definition) is 1. The molecule has 4 aliphatic carbocycles. The molecule has 0 spiro atoms. The Morgan fingerprint density at radius 3 is 2.16 bits per heavy atom. The van der Waals surface area contributed by atoms with Gasteiger partial charge in [-0.15, -0.1) is 0 Å². The Hall–Kier alpha value is -0.440. The summed E-state index contributed by atoms with van der Waals surface area (Å²) in [6.45, 7) is 8.35. The van der Waals surface area contributed by atoms with E-state index in [1.807, 2.05) is 19.1 Å². The molecule has 0 saturated heterocycles. The van der Waals surface area contributed by atoms with Gasteiger partial charge in [-0.3, -0.25) is 0 Å². The average molecular weight is 382 g/mol. The summed E-state index contributed by atoms with van der Waals surface area (Å²) in [6.07, 6.45) is 8.20. The summed E-state index contributed by atoms with van der Waals surface area (Å²) in [5, 5.41) is 5.16. The van der Waals surface area contributed by atoms with Crippen molar-refractivity contribution in [3.8, 4) is 5.75 Å². The lowest BCUT2D eigenvalue weighted by atomic mass is 9.43. The number of ether oxygens (including phenoxy) is 1. The maximum Gasteiger partial charge on any atom is 0.156 e. The molecule has 1 aromatic carbocycles. The lowest BCUT2D eigenvalue weighted by Crippen LogP contribution is -2.63. The van der Waals surface area contributed by atoms with Crippen LogP contribution < -0.4 is 10.1 Å². The minimum Gasteiger partial charge on any atom is -0.491 e. The van der Waals surface area contributed by atoms with Gasteiger partial charge >= 0.3 is 0 Å². The van der Waals surface area contributed by atoms with Crippen LogP contribution >= 0.6 is 23.2 Å². The highest BCUT2D eigenvalue weighted by Gasteiger charge is 2.59. The van der Waals surface area contributed by atoms with Crippen molar-refractivity contribution in [2.24, 2.45) is 16.7 Å². The fourth-order valence-corrected chi connectivity index (χ4v) is 7.57. The third-order valence-electron chi connectivity index (χ3n) is 6.64. The van der Waals surface area contributed by atoms with E-state index in [1.54, 1.807) is 0 Å². The largest absolute Gasteiger partial charge is 0.491 e. The van der Waals surface area contributed by atoms with E-state index in [0.717, 1.165) is 18.0 Å². The van der Waals surface area contributed by atoms with Crippen LogP contribution in [0, 0.1) is 16.7 Å². The first-order chi connectivity index (χ1) is 11.7. The average Bonchev–Trinajstić information content (AvgIpc) is 2.45. The molecule has 0 heterocycles. The van der Waals surface area contributed by atoms with E-state index in [-0.39, 0.29) is 0 Å². The van der Waals surface area contributed by atoms with E-state index in [4.69, 9.17) is 27.9 Å². The first kappa shape index (κ1) is 17.9. The van der Waals surface area contributed by atoms with Gasteiger partial charge in [0.1, 0.15) is 0 Å². The normalized spacial score (nSPS) is 39.0. The third kappa shape index (κ3) is 3.31. The molecule has 0 aromatic heterocycles. The zero-order valence-corrected chi connectivity index (χ0v) is 17.1. The predicted octanol–water partition coefficient (Wildman–Crippen LogP) is 6.23. The van der Waals surface area contributed by atoms with Gasteiger partial charge in [0.2, 0.25) is 0 Å². The van der Waals surface area contributed by atoms with Crippen molar-refractivity contribution in [3.05, 3.63) is 27.7 Å². The summed E-state index contributed by atoms with van der Waals surface area (Å²) in [5.74, 6) is 1.50. The molecule has 4 aliphatic rings. The molecule has 0 radical (unpaired) electrons. The van der Waals surface area contributed by atoms with Crippen LogP contribution in [0.3, 0.4) is 0 Å². The molecular weight excluding hydrogens is 353 g/mol. The first-order valence-corrected chi connectivity index (χ1v) is 10.4. The van der Waals surface area contributed by atoms with Crippen molar-refractivity contribution >= 4 is 23.2 Å². The number of nitrogens with one attached hydrogen (secondary N) is 1. The maximum atomic E-state index is 6.38. The molecule has 1 N–H and O–H groups in total. The Labute approximate surface area is 161 Å². The minimum atomic E-state index is 0.292. The Kier molecular flexibility index (Phi) is 4.34. The fraction of sp³-hybridized carbons (Fsp3) is 0.714. The quantitative estimate of drug-likeness (QED) is 0.652.